The van der Waals surface area contributed by atoms with E-state index < -0.39 is 12.0 Å². The van der Waals surface area contributed by atoms with Crippen molar-refractivity contribution in [3.05, 3.63) is 76.0 Å². The van der Waals surface area contributed by atoms with Crippen LogP contribution in [0.2, 0.25) is 0 Å². The predicted molar refractivity (Wildman–Crippen MR) is 174 cm³/mol. The minimum Gasteiger partial charge on any atom is -0.493 e. The molecule has 43 heavy (non-hydrogen) atoms. The number of ether oxygens (including phenoxy) is 5. The molecule has 2 aromatic carbocycles. The van der Waals surface area contributed by atoms with E-state index in [1.54, 1.807) is 45.2 Å². The Labute approximate surface area is 267 Å². The molecule has 4 rings (SSSR count). The first-order valence-electron chi connectivity index (χ1n) is 13.7. The Morgan fingerprint density at radius 3 is 2.58 bits per heavy atom. The largest absolute Gasteiger partial charge is 0.493 e. The van der Waals surface area contributed by atoms with E-state index in [-0.39, 0.29) is 30.5 Å². The van der Waals surface area contributed by atoms with Crippen LogP contribution < -0.4 is 33.8 Å². The first-order valence-corrected chi connectivity index (χ1v) is 15.6. The Balaban J connectivity index is 1.92. The maximum atomic E-state index is 14.1. The number of halogens is 1. The summed E-state index contributed by atoms with van der Waals surface area (Å²) in [5.41, 5.74) is 1.84. The molecule has 0 bridgehead atoms. The number of carbonyl (C=O) groups excluding carboxylic acids is 1. The van der Waals surface area contributed by atoms with E-state index >= 15 is 0 Å². The second kappa shape index (κ2) is 14.1. The summed E-state index contributed by atoms with van der Waals surface area (Å²) in [6, 6.07) is 8.29. The fraction of sp³-hybridized carbons (Fsp3) is 0.344. The molecule has 0 fully saturated rings. The molecule has 0 spiro atoms. The summed E-state index contributed by atoms with van der Waals surface area (Å²) in [7, 11) is 1.55. The number of terminal acetylenes is 1. The van der Waals surface area contributed by atoms with E-state index in [1.807, 2.05) is 32.9 Å². The van der Waals surface area contributed by atoms with Crippen LogP contribution in [0, 0.1) is 15.9 Å². The maximum Gasteiger partial charge on any atom is 0.338 e. The lowest BCUT2D eigenvalue weighted by Gasteiger charge is -2.25. The van der Waals surface area contributed by atoms with E-state index in [1.165, 1.54) is 15.9 Å². The zero-order valence-corrected chi connectivity index (χ0v) is 27.8. The molecular weight excluding hydrogens is 683 g/mol. The van der Waals surface area contributed by atoms with Gasteiger partial charge in [0.1, 0.15) is 6.61 Å². The highest BCUT2D eigenvalue weighted by Gasteiger charge is 2.34. The number of allylic oxidation sites excluding steroid dienone is 1. The van der Waals surface area contributed by atoms with Gasteiger partial charge in [-0.05, 0) is 98.7 Å². The van der Waals surface area contributed by atoms with Crippen LogP contribution >= 0.6 is 33.9 Å². The van der Waals surface area contributed by atoms with Gasteiger partial charge in [-0.3, -0.25) is 9.36 Å². The van der Waals surface area contributed by atoms with Crippen molar-refractivity contribution in [1.29, 1.82) is 0 Å². The number of thiazole rings is 1. The second-order valence-corrected chi connectivity index (χ2v) is 11.8. The van der Waals surface area contributed by atoms with Crippen LogP contribution in [0.4, 0.5) is 0 Å². The zero-order valence-electron chi connectivity index (χ0n) is 24.9. The average molecular weight is 717 g/mol. The molecule has 1 aliphatic rings. The van der Waals surface area contributed by atoms with Gasteiger partial charge in [0, 0.05) is 0 Å². The minimum absolute atomic E-state index is 0.0704. The molecule has 0 amide bonds. The highest BCUT2D eigenvalue weighted by Crippen LogP contribution is 2.37. The summed E-state index contributed by atoms with van der Waals surface area (Å²) in [6.45, 7) is 9.91. The molecular formula is C32H33IN2O7S. The Morgan fingerprint density at radius 2 is 1.93 bits per heavy atom. The van der Waals surface area contributed by atoms with Crippen molar-refractivity contribution in [2.45, 2.75) is 46.8 Å². The van der Waals surface area contributed by atoms with Gasteiger partial charge in [-0.15, -0.1) is 6.42 Å². The quantitative estimate of drug-likeness (QED) is 0.163. The summed E-state index contributed by atoms with van der Waals surface area (Å²) in [6.07, 6.45) is 7.09. The van der Waals surface area contributed by atoms with Gasteiger partial charge in [-0.2, -0.15) is 0 Å². The third-order valence-corrected chi connectivity index (χ3v) is 8.10. The molecule has 0 aliphatic carbocycles. The van der Waals surface area contributed by atoms with Gasteiger partial charge in [0.25, 0.3) is 5.56 Å². The van der Waals surface area contributed by atoms with Crippen molar-refractivity contribution in [2.24, 2.45) is 4.99 Å². The molecule has 226 valence electrons. The zero-order chi connectivity index (χ0) is 31.3. The van der Waals surface area contributed by atoms with Gasteiger partial charge in [0.2, 0.25) is 0 Å². The van der Waals surface area contributed by atoms with E-state index in [2.05, 4.69) is 33.5 Å². The lowest BCUT2D eigenvalue weighted by Crippen LogP contribution is -2.40. The number of carbonyl (C=O) groups is 1. The monoisotopic (exact) mass is 716 g/mol. The van der Waals surface area contributed by atoms with Crippen LogP contribution in [-0.4, -0.2) is 43.6 Å². The highest BCUT2D eigenvalue weighted by atomic mass is 127. The number of hydrogen-bond acceptors (Lipinski definition) is 9. The molecule has 1 aliphatic heterocycles. The van der Waals surface area contributed by atoms with Crippen LogP contribution in [0.1, 0.15) is 51.8 Å². The van der Waals surface area contributed by atoms with Crippen molar-refractivity contribution < 1.29 is 28.5 Å². The van der Waals surface area contributed by atoms with Gasteiger partial charge in [0.15, 0.2) is 27.8 Å². The number of rotatable bonds is 11. The smallest absolute Gasteiger partial charge is 0.338 e. The number of hydrogen-bond donors (Lipinski definition) is 0. The number of nitrogens with zero attached hydrogens (tertiary/aromatic N) is 2. The van der Waals surface area contributed by atoms with Gasteiger partial charge >= 0.3 is 5.97 Å². The van der Waals surface area contributed by atoms with Crippen LogP contribution in [0.3, 0.4) is 0 Å². The van der Waals surface area contributed by atoms with Gasteiger partial charge < -0.3 is 23.7 Å². The molecule has 1 aromatic heterocycles. The van der Waals surface area contributed by atoms with Crippen LogP contribution in [0.15, 0.2) is 51.4 Å². The summed E-state index contributed by atoms with van der Waals surface area (Å²) < 4.78 is 31.2. The average Bonchev–Trinajstić information content (AvgIpc) is 3.26. The first kappa shape index (κ1) is 32.2. The lowest BCUT2D eigenvalue weighted by molar-refractivity contribution is -0.139. The Kier molecular flexibility index (Phi) is 10.6. The molecule has 11 heteroatoms. The van der Waals surface area contributed by atoms with E-state index in [0.29, 0.717) is 50.2 Å². The lowest BCUT2D eigenvalue weighted by atomic mass is 9.95. The van der Waals surface area contributed by atoms with Gasteiger partial charge in [-0.25, -0.2) is 9.79 Å². The van der Waals surface area contributed by atoms with E-state index in [4.69, 9.17) is 30.1 Å². The molecule has 2 heterocycles. The summed E-state index contributed by atoms with van der Waals surface area (Å²) in [4.78, 5) is 32.5. The third kappa shape index (κ3) is 6.91. The normalized spacial score (nSPS) is 14.6. The molecule has 0 unspecified atom stereocenters. The van der Waals surface area contributed by atoms with Crippen molar-refractivity contribution in [1.82, 2.24) is 4.57 Å². The fourth-order valence-corrected chi connectivity index (χ4v) is 6.48. The second-order valence-electron chi connectivity index (χ2n) is 9.63. The van der Waals surface area contributed by atoms with Crippen molar-refractivity contribution in [3.8, 4) is 35.3 Å². The van der Waals surface area contributed by atoms with Crippen molar-refractivity contribution in [3.63, 3.8) is 0 Å². The van der Waals surface area contributed by atoms with Crippen LogP contribution in [0.5, 0.6) is 23.0 Å². The van der Waals surface area contributed by atoms with Crippen molar-refractivity contribution >= 4 is 46.0 Å². The number of benzene rings is 2. The van der Waals surface area contributed by atoms with E-state index in [9.17, 15) is 9.59 Å². The van der Waals surface area contributed by atoms with E-state index in [0.717, 1.165) is 9.13 Å². The van der Waals surface area contributed by atoms with Crippen LogP contribution in [-0.2, 0) is 9.53 Å². The molecule has 0 N–H and O–H groups in total. The number of methoxy groups -OCH3 is 1. The van der Waals surface area contributed by atoms with Crippen molar-refractivity contribution in [2.75, 3.05) is 26.9 Å². The number of aromatic nitrogens is 1. The molecule has 1 atom stereocenters. The summed E-state index contributed by atoms with van der Waals surface area (Å²) >= 11 is 3.39. The maximum absolute atomic E-state index is 14.1. The number of esters is 1. The topological polar surface area (TPSA) is 97.6 Å². The molecule has 0 radical (unpaired) electrons. The standard InChI is InChI=1S/C32H33IN2O7S/c1-8-13-41-29-22(33)14-20(15-25(29)39-9-2)16-26-30(36)35-28(21-11-12-23(42-18(4)5)24(17-21)38-7)27(31(37)40-10-3)19(6)34-32(35)43-26/h1,11-12,14-18,28H,9-10,13H2,2-7H3/b26-16-/t28-/m0/s1. The summed E-state index contributed by atoms with van der Waals surface area (Å²) in [5, 5.41) is 0. The highest BCUT2D eigenvalue weighted by molar-refractivity contribution is 14.1. The first-order chi connectivity index (χ1) is 20.6. The molecule has 3 aromatic rings. The Morgan fingerprint density at radius 1 is 1.16 bits per heavy atom. The Hall–Kier alpha value is -3.76. The SMILES string of the molecule is C#CCOc1c(I)cc(/C=c2\sc3n(c2=O)[C@@H](c2ccc(OC(C)C)c(OC)c2)C(C(=O)OCC)=C(C)N=3)cc1OCC. The van der Waals surface area contributed by atoms with Crippen LogP contribution in [0.25, 0.3) is 6.08 Å². The predicted octanol–water partition coefficient (Wildman–Crippen LogP) is 4.61. The number of fused-ring (bicyclic) bond motifs is 1. The molecule has 0 saturated carbocycles. The molecule has 9 nitrogen and oxygen atoms in total. The fourth-order valence-electron chi connectivity index (χ4n) is 4.65. The molecule has 0 saturated heterocycles. The Bertz CT molecular complexity index is 1780. The minimum atomic E-state index is -0.793. The van der Waals surface area contributed by atoms with Gasteiger partial charge in [0.05, 0.1) is 51.8 Å². The van der Waals surface area contributed by atoms with Gasteiger partial charge in [-0.1, -0.05) is 23.3 Å². The third-order valence-electron chi connectivity index (χ3n) is 6.31. The summed E-state index contributed by atoms with van der Waals surface area (Å²) in [5.74, 6) is 4.04.